The van der Waals surface area contributed by atoms with E-state index in [9.17, 15) is 13.6 Å². The van der Waals surface area contributed by atoms with Crippen LogP contribution in [0.1, 0.15) is 6.92 Å². The molecule has 2 heterocycles. The van der Waals surface area contributed by atoms with Gasteiger partial charge in [0, 0.05) is 48.9 Å². The number of carbonyl (C=O) groups excluding carboxylic acids is 2. The number of benzene rings is 2. The molecule has 0 saturated carbocycles. The van der Waals surface area contributed by atoms with Crippen LogP contribution < -0.4 is 25.6 Å². The number of rotatable bonds is 12. The van der Waals surface area contributed by atoms with Gasteiger partial charge in [-0.3, -0.25) is 9.59 Å². The molecule has 2 atom stereocenters. The van der Waals surface area contributed by atoms with Gasteiger partial charge in [0.2, 0.25) is 17.5 Å². The molecule has 236 valence electrons. The maximum Gasteiger partial charge on any atom is 0.241 e. The van der Waals surface area contributed by atoms with Gasteiger partial charge in [0.15, 0.2) is 12.1 Å². The Bertz CT molecular complexity index is 1570. The number of methoxy groups -OCH3 is 1. The molecule has 1 unspecified atom stereocenters. The maximum atomic E-state index is 14.9. The number of hydrogen-bond acceptors (Lipinski definition) is 9. The fraction of sp³-hybridized carbons (Fsp3) is 0.333. The van der Waals surface area contributed by atoms with Crippen LogP contribution in [0.3, 0.4) is 0 Å². The molecule has 4 N–H and O–H groups in total. The Morgan fingerprint density at radius 3 is 2.52 bits per heavy atom. The van der Waals surface area contributed by atoms with Gasteiger partial charge in [-0.25, -0.2) is 18.7 Å². The Kier molecular flexibility index (Phi) is 12.4. The maximum absolute atomic E-state index is 14.9. The lowest BCUT2D eigenvalue weighted by atomic mass is 10.1. The fourth-order valence-electron chi connectivity index (χ4n) is 4.10. The van der Waals surface area contributed by atoms with Gasteiger partial charge in [-0.15, -0.1) is 0 Å². The summed E-state index contributed by atoms with van der Waals surface area (Å²) in [4.78, 5) is 37.7. The van der Waals surface area contributed by atoms with E-state index in [1.54, 1.807) is 33.3 Å². The molecule has 0 aliphatic carbocycles. The minimum atomic E-state index is -1.82. The second-order valence-corrected chi connectivity index (χ2v) is 10.4. The number of para-hydroxylation sites is 1. The number of H-pyrrole nitrogens is 1. The number of nitrogens with zero attached hydrogens (tertiary/aromatic N) is 4. The van der Waals surface area contributed by atoms with E-state index in [-0.39, 0.29) is 23.8 Å². The molecule has 0 aliphatic heterocycles. The summed E-state index contributed by atoms with van der Waals surface area (Å²) >= 11 is 4.43. The molecule has 4 rings (SSSR count). The molecule has 0 spiro atoms. The Balaban J connectivity index is 0.000000978. The number of ether oxygens (including phenoxy) is 1. The van der Waals surface area contributed by atoms with Crippen molar-refractivity contribution in [2.75, 3.05) is 63.9 Å². The predicted molar refractivity (Wildman–Crippen MR) is 171 cm³/mol. The van der Waals surface area contributed by atoms with Crippen LogP contribution in [0.5, 0.6) is 5.75 Å². The van der Waals surface area contributed by atoms with Crippen LogP contribution in [-0.4, -0.2) is 92.1 Å². The topological polar surface area (TPSA) is 128 Å². The lowest BCUT2D eigenvalue weighted by Crippen LogP contribution is -2.36. The number of hydrogen-bond donors (Lipinski definition) is 4. The third-order valence-electron chi connectivity index (χ3n) is 6.63. The standard InChI is InChI=1S/C28H35FN8O2.C2H2ClFO/c1-17(30-2)27(38)33-22-13-23(25(39-6)14-24(22)37(5)12-11-36(3)4)34-28-32-16-20(29)26(35-28)19-15-31-21-10-8-7-9-18(19)21;3-2(4)1-5/h7-10,13-17,30-31H,11-12H2,1-6H3,(H,33,38)(H,32,34,35);1-2H/t17-;/m0./s1. The van der Waals surface area contributed by atoms with Gasteiger partial charge in [-0.2, -0.15) is 0 Å². The molecule has 14 heteroatoms. The average molecular weight is 631 g/mol. The Hall–Kier alpha value is -4.33. The number of alkyl halides is 2. The summed E-state index contributed by atoms with van der Waals surface area (Å²) in [5, 5.41) is 9.98. The summed E-state index contributed by atoms with van der Waals surface area (Å²) in [7, 11) is 9.26. The van der Waals surface area contributed by atoms with Gasteiger partial charge in [0.25, 0.3) is 0 Å². The van der Waals surface area contributed by atoms with Crippen molar-refractivity contribution in [1.29, 1.82) is 0 Å². The van der Waals surface area contributed by atoms with Crippen molar-refractivity contribution >= 4 is 57.7 Å². The van der Waals surface area contributed by atoms with Gasteiger partial charge in [-0.05, 0) is 40.2 Å². The number of aromatic amines is 1. The highest BCUT2D eigenvalue weighted by Crippen LogP contribution is 2.38. The van der Waals surface area contributed by atoms with Crippen molar-refractivity contribution in [1.82, 2.24) is 25.2 Å². The summed E-state index contributed by atoms with van der Waals surface area (Å²) < 4.78 is 31.4. The van der Waals surface area contributed by atoms with E-state index in [1.165, 1.54) is 0 Å². The lowest BCUT2D eigenvalue weighted by Gasteiger charge is -2.26. The van der Waals surface area contributed by atoms with Crippen LogP contribution in [0.15, 0.2) is 48.8 Å². The smallest absolute Gasteiger partial charge is 0.241 e. The summed E-state index contributed by atoms with van der Waals surface area (Å²) in [5.74, 6) is -0.0211. The zero-order valence-corrected chi connectivity index (χ0v) is 26.2. The first-order valence-corrected chi connectivity index (χ1v) is 14.1. The molecule has 0 saturated heterocycles. The van der Waals surface area contributed by atoms with E-state index >= 15 is 0 Å². The zero-order chi connectivity index (χ0) is 32.4. The van der Waals surface area contributed by atoms with Gasteiger partial charge in [0.1, 0.15) is 11.4 Å². The lowest BCUT2D eigenvalue weighted by molar-refractivity contribution is -0.117. The number of aldehydes is 1. The minimum Gasteiger partial charge on any atom is -0.494 e. The molecule has 1 amide bonds. The number of halogens is 3. The van der Waals surface area contributed by atoms with E-state index in [0.29, 0.717) is 22.7 Å². The number of anilines is 4. The quantitative estimate of drug-likeness (QED) is 0.129. The fourth-order valence-corrected chi connectivity index (χ4v) is 4.10. The monoisotopic (exact) mass is 630 g/mol. The predicted octanol–water partition coefficient (Wildman–Crippen LogP) is 4.78. The van der Waals surface area contributed by atoms with E-state index in [1.807, 2.05) is 51.5 Å². The Labute approximate surface area is 260 Å². The summed E-state index contributed by atoms with van der Waals surface area (Å²) in [6, 6.07) is 10.9. The van der Waals surface area contributed by atoms with Gasteiger partial charge >= 0.3 is 0 Å². The first-order chi connectivity index (χ1) is 21.0. The minimum absolute atomic E-state index is 0.0154. The van der Waals surface area contributed by atoms with E-state index in [4.69, 9.17) is 9.53 Å². The number of carbonyl (C=O) groups is 2. The first-order valence-electron chi connectivity index (χ1n) is 13.6. The Morgan fingerprint density at radius 2 is 1.89 bits per heavy atom. The largest absolute Gasteiger partial charge is 0.494 e. The van der Waals surface area contributed by atoms with E-state index in [2.05, 4.69) is 52.3 Å². The molecule has 2 aromatic heterocycles. The number of nitrogens with one attached hydrogen (secondary N) is 4. The molecule has 0 aliphatic rings. The van der Waals surface area contributed by atoms with Crippen LogP contribution in [0.2, 0.25) is 0 Å². The highest BCUT2D eigenvalue weighted by atomic mass is 35.5. The van der Waals surface area contributed by atoms with Crippen LogP contribution >= 0.6 is 11.6 Å². The number of fused-ring (bicyclic) bond motifs is 1. The normalized spacial score (nSPS) is 12.2. The molecular formula is C30H37ClF2N8O3. The number of aromatic nitrogens is 3. The molecule has 0 fully saturated rings. The third kappa shape index (κ3) is 8.85. The average Bonchev–Trinajstić information content (AvgIpc) is 3.44. The molecule has 44 heavy (non-hydrogen) atoms. The van der Waals surface area contributed by atoms with Crippen molar-refractivity contribution in [3.8, 4) is 17.0 Å². The number of likely N-dealkylation sites (N-methyl/N-ethyl adjacent to an activating group) is 3. The Morgan fingerprint density at radius 1 is 1.18 bits per heavy atom. The van der Waals surface area contributed by atoms with Crippen LogP contribution in [0, 0.1) is 5.82 Å². The van der Waals surface area contributed by atoms with Crippen molar-refractivity contribution in [2.24, 2.45) is 0 Å². The summed E-state index contributed by atoms with van der Waals surface area (Å²) in [6.45, 7) is 3.33. The molecule has 11 nitrogen and oxygen atoms in total. The van der Waals surface area contributed by atoms with Gasteiger partial charge in [0.05, 0.1) is 36.4 Å². The van der Waals surface area contributed by atoms with Crippen LogP contribution in [-0.2, 0) is 9.59 Å². The van der Waals surface area contributed by atoms with Crippen LogP contribution in [0.4, 0.5) is 31.8 Å². The molecule has 4 aromatic rings. The van der Waals surface area contributed by atoms with Crippen molar-refractivity contribution in [2.45, 2.75) is 18.6 Å². The SMILES string of the molecule is CN[C@@H](C)C(=O)Nc1cc(Nc2ncc(F)c(-c3c[nH]c4ccccc34)n2)c(OC)cc1N(C)CCN(C)C.O=CC(F)Cl. The summed E-state index contributed by atoms with van der Waals surface area (Å²) in [5.41, 5.74) is 1.75. The third-order valence-corrected chi connectivity index (χ3v) is 6.74. The second-order valence-electron chi connectivity index (χ2n) is 10.0. The van der Waals surface area contributed by atoms with Crippen molar-refractivity contribution < 1.29 is 23.1 Å². The second kappa shape index (κ2) is 15.9. The zero-order valence-electron chi connectivity index (χ0n) is 25.4. The molecule has 2 aromatic carbocycles. The molecule has 0 bridgehead atoms. The van der Waals surface area contributed by atoms with Gasteiger partial charge < -0.3 is 35.5 Å². The van der Waals surface area contributed by atoms with E-state index < -0.39 is 17.5 Å². The van der Waals surface area contributed by atoms with Crippen LogP contribution in [0.25, 0.3) is 22.2 Å². The van der Waals surface area contributed by atoms with Crippen molar-refractivity contribution in [3.63, 3.8) is 0 Å². The molecule has 0 radical (unpaired) electrons. The highest BCUT2D eigenvalue weighted by molar-refractivity contribution is 6.26. The van der Waals surface area contributed by atoms with E-state index in [0.717, 1.165) is 35.9 Å². The van der Waals surface area contributed by atoms with Gasteiger partial charge in [-0.1, -0.05) is 29.8 Å². The molecular weight excluding hydrogens is 594 g/mol. The summed E-state index contributed by atoms with van der Waals surface area (Å²) in [6.07, 6.45) is 2.89. The van der Waals surface area contributed by atoms with Crippen molar-refractivity contribution in [3.05, 3.63) is 54.6 Å². The highest BCUT2D eigenvalue weighted by Gasteiger charge is 2.20. The first kappa shape index (κ1) is 34.2. The number of amides is 1.